The summed E-state index contributed by atoms with van der Waals surface area (Å²) in [5, 5.41) is 2.21. The topological polar surface area (TPSA) is 78.0 Å². The lowest BCUT2D eigenvalue weighted by Crippen LogP contribution is -2.23. The van der Waals surface area contributed by atoms with Gasteiger partial charge in [0.25, 0.3) is 0 Å². The van der Waals surface area contributed by atoms with Crippen molar-refractivity contribution in [2.75, 3.05) is 12.0 Å². The van der Waals surface area contributed by atoms with E-state index in [-0.39, 0.29) is 12.5 Å². The number of carbonyl (C=O) groups is 2. The number of aromatic nitrogens is 1. The van der Waals surface area contributed by atoms with Crippen LogP contribution >= 0.6 is 11.3 Å². The van der Waals surface area contributed by atoms with E-state index in [0.29, 0.717) is 40.2 Å². The molecule has 1 heterocycles. The zero-order valence-corrected chi connectivity index (χ0v) is 20.2. The van der Waals surface area contributed by atoms with Gasteiger partial charge in [-0.1, -0.05) is 54.6 Å². The maximum atomic E-state index is 12.8. The number of hydrogen-bond acceptors (Lipinski definition) is 7. The molecule has 0 aliphatic carbocycles. The van der Waals surface area contributed by atoms with E-state index in [1.165, 1.54) is 23.2 Å². The lowest BCUT2D eigenvalue weighted by Gasteiger charge is -2.20. The molecule has 0 saturated heterocycles. The van der Waals surface area contributed by atoms with Gasteiger partial charge in [-0.15, -0.1) is 11.3 Å². The first-order valence-electron chi connectivity index (χ1n) is 10.9. The number of hydrogen-bond donors (Lipinski definition) is 0. The lowest BCUT2D eigenvalue weighted by molar-refractivity contribution is -0.115. The normalized spacial score (nSPS) is 10.5. The third-order valence-corrected chi connectivity index (χ3v) is 5.94. The van der Waals surface area contributed by atoms with Gasteiger partial charge in [0.05, 0.1) is 18.5 Å². The molecule has 4 rings (SSSR count). The van der Waals surface area contributed by atoms with Crippen LogP contribution < -0.4 is 14.4 Å². The molecule has 0 unspecified atom stereocenters. The van der Waals surface area contributed by atoms with E-state index >= 15 is 0 Å². The van der Waals surface area contributed by atoms with Gasteiger partial charge in [-0.25, -0.2) is 9.78 Å². The minimum absolute atomic E-state index is 0.0416. The maximum absolute atomic E-state index is 12.8. The largest absolute Gasteiger partial charge is 0.495 e. The van der Waals surface area contributed by atoms with E-state index < -0.39 is 5.97 Å². The number of carbonyl (C=O) groups excluding carboxylic acids is 2. The molecule has 0 aliphatic rings. The first-order chi connectivity index (χ1) is 17.1. The first kappa shape index (κ1) is 24.0. The van der Waals surface area contributed by atoms with Crippen LogP contribution in [0.25, 0.3) is 0 Å². The predicted molar refractivity (Wildman–Crippen MR) is 134 cm³/mol. The van der Waals surface area contributed by atoms with Gasteiger partial charge in [0.1, 0.15) is 30.3 Å². The second-order valence-corrected chi connectivity index (χ2v) is 8.33. The van der Waals surface area contributed by atoms with Crippen molar-refractivity contribution in [2.45, 2.75) is 20.1 Å². The summed E-state index contributed by atoms with van der Waals surface area (Å²) in [6.07, 6.45) is 0. The van der Waals surface area contributed by atoms with Crippen LogP contribution in [0.4, 0.5) is 10.8 Å². The number of para-hydroxylation sites is 3. The number of nitrogens with zero attached hydrogens (tertiary/aromatic N) is 2. The van der Waals surface area contributed by atoms with Crippen LogP contribution in [-0.2, 0) is 22.7 Å². The summed E-state index contributed by atoms with van der Waals surface area (Å²) in [6.45, 7) is 1.75. The standard InChI is InChI=1S/C27H24N2O5S/c1-19(30)29(23-13-7-9-15-25(23)32-2)27-28-21(18-35-27)17-34-26(31)22-12-6-8-14-24(22)33-16-20-10-4-3-5-11-20/h3-15,18H,16-17H2,1-2H3. The minimum Gasteiger partial charge on any atom is -0.495 e. The average molecular weight is 489 g/mol. The summed E-state index contributed by atoms with van der Waals surface area (Å²) >= 11 is 1.28. The third kappa shape index (κ3) is 5.85. The number of benzene rings is 3. The minimum atomic E-state index is -0.517. The van der Waals surface area contributed by atoms with Gasteiger partial charge in [-0.2, -0.15) is 0 Å². The summed E-state index contributed by atoms with van der Waals surface area (Å²) in [4.78, 5) is 31.2. The molecule has 0 saturated carbocycles. The molecule has 7 nitrogen and oxygen atoms in total. The molecule has 0 bridgehead atoms. The second kappa shape index (κ2) is 11.3. The third-order valence-electron chi connectivity index (χ3n) is 5.07. The van der Waals surface area contributed by atoms with Crippen molar-refractivity contribution < 1.29 is 23.8 Å². The quantitative estimate of drug-likeness (QED) is 0.278. The van der Waals surface area contributed by atoms with Crippen molar-refractivity contribution in [1.82, 2.24) is 4.98 Å². The SMILES string of the molecule is COc1ccccc1N(C(C)=O)c1nc(COC(=O)c2ccccc2OCc2ccccc2)cs1. The Kier molecular flexibility index (Phi) is 7.74. The molecule has 0 spiro atoms. The Balaban J connectivity index is 1.44. The molecule has 0 fully saturated rings. The Hall–Kier alpha value is -4.17. The molecule has 8 heteroatoms. The smallest absolute Gasteiger partial charge is 0.342 e. The van der Waals surface area contributed by atoms with E-state index in [9.17, 15) is 9.59 Å². The summed E-state index contributed by atoms with van der Waals surface area (Å²) in [6, 6.07) is 23.9. The fourth-order valence-electron chi connectivity index (χ4n) is 3.40. The molecule has 4 aromatic rings. The van der Waals surface area contributed by atoms with Crippen molar-refractivity contribution in [2.24, 2.45) is 0 Å². The van der Waals surface area contributed by atoms with E-state index in [4.69, 9.17) is 14.2 Å². The van der Waals surface area contributed by atoms with Crippen LogP contribution in [0.3, 0.4) is 0 Å². The number of rotatable bonds is 9. The number of thiazole rings is 1. The van der Waals surface area contributed by atoms with Gasteiger partial charge < -0.3 is 14.2 Å². The molecule has 0 aliphatic heterocycles. The number of amides is 1. The molecule has 35 heavy (non-hydrogen) atoms. The van der Waals surface area contributed by atoms with Crippen LogP contribution in [-0.4, -0.2) is 24.0 Å². The summed E-state index contributed by atoms with van der Waals surface area (Å²) in [5.74, 6) is 0.269. The van der Waals surface area contributed by atoms with Crippen molar-refractivity contribution in [3.8, 4) is 11.5 Å². The zero-order chi connectivity index (χ0) is 24.6. The molecule has 0 atom stereocenters. The highest BCUT2D eigenvalue weighted by atomic mass is 32.1. The summed E-state index contributed by atoms with van der Waals surface area (Å²) in [7, 11) is 1.55. The van der Waals surface area contributed by atoms with Gasteiger partial charge in [0, 0.05) is 12.3 Å². The van der Waals surface area contributed by atoms with Gasteiger partial charge in [-0.05, 0) is 29.8 Å². The molecular weight excluding hydrogens is 464 g/mol. The monoisotopic (exact) mass is 488 g/mol. The summed E-state index contributed by atoms with van der Waals surface area (Å²) < 4.78 is 16.8. The number of ether oxygens (including phenoxy) is 3. The van der Waals surface area contributed by atoms with Gasteiger partial charge in [-0.3, -0.25) is 9.69 Å². The Labute approximate surface area is 207 Å². The lowest BCUT2D eigenvalue weighted by atomic mass is 10.2. The molecule has 1 aromatic heterocycles. The Morgan fingerprint density at radius 1 is 0.886 bits per heavy atom. The van der Waals surface area contributed by atoms with Crippen LogP contribution in [0.2, 0.25) is 0 Å². The maximum Gasteiger partial charge on any atom is 0.342 e. The van der Waals surface area contributed by atoms with Gasteiger partial charge in [0.15, 0.2) is 5.13 Å². The Morgan fingerprint density at radius 2 is 1.57 bits per heavy atom. The number of anilines is 2. The van der Waals surface area contributed by atoms with Gasteiger partial charge >= 0.3 is 5.97 Å². The van der Waals surface area contributed by atoms with Crippen LogP contribution in [0.15, 0.2) is 84.2 Å². The molecule has 0 radical (unpaired) electrons. The highest BCUT2D eigenvalue weighted by molar-refractivity contribution is 7.14. The Bertz CT molecular complexity index is 1310. The molecule has 3 aromatic carbocycles. The van der Waals surface area contributed by atoms with E-state index in [1.807, 2.05) is 42.5 Å². The predicted octanol–water partition coefficient (Wildman–Crippen LogP) is 5.77. The van der Waals surface area contributed by atoms with Gasteiger partial charge in [0.2, 0.25) is 5.91 Å². The fourth-order valence-corrected chi connectivity index (χ4v) is 4.27. The van der Waals surface area contributed by atoms with Crippen LogP contribution in [0.1, 0.15) is 28.5 Å². The first-order valence-corrected chi connectivity index (χ1v) is 11.8. The van der Waals surface area contributed by atoms with Crippen molar-refractivity contribution in [1.29, 1.82) is 0 Å². The van der Waals surface area contributed by atoms with Crippen molar-refractivity contribution in [3.05, 3.63) is 101 Å². The second-order valence-electron chi connectivity index (χ2n) is 7.49. The highest BCUT2D eigenvalue weighted by Gasteiger charge is 2.22. The highest BCUT2D eigenvalue weighted by Crippen LogP contribution is 2.35. The molecule has 1 amide bonds. The Morgan fingerprint density at radius 3 is 2.31 bits per heavy atom. The molecule has 0 N–H and O–H groups in total. The van der Waals surface area contributed by atoms with Crippen molar-refractivity contribution >= 4 is 34.0 Å². The summed E-state index contributed by atoms with van der Waals surface area (Å²) in [5.41, 5.74) is 2.45. The fraction of sp³-hybridized carbons (Fsp3) is 0.148. The van der Waals surface area contributed by atoms with Crippen LogP contribution in [0, 0.1) is 0 Å². The van der Waals surface area contributed by atoms with Crippen LogP contribution in [0.5, 0.6) is 11.5 Å². The molecular formula is C27H24N2O5S. The number of methoxy groups -OCH3 is 1. The van der Waals surface area contributed by atoms with Crippen molar-refractivity contribution in [3.63, 3.8) is 0 Å². The van der Waals surface area contributed by atoms with E-state index in [0.717, 1.165) is 5.56 Å². The van der Waals surface area contributed by atoms with E-state index in [1.54, 1.807) is 48.9 Å². The molecule has 178 valence electrons. The average Bonchev–Trinajstić information content (AvgIpc) is 3.35. The zero-order valence-electron chi connectivity index (χ0n) is 19.3. The van der Waals surface area contributed by atoms with E-state index in [2.05, 4.69) is 4.98 Å². The number of esters is 1.